The number of carboxylic acids is 1. The van der Waals surface area contributed by atoms with Crippen LogP contribution in [0.4, 0.5) is 4.79 Å². The fourth-order valence-corrected chi connectivity index (χ4v) is 4.36. The Hall–Kier alpha value is -3.35. The fourth-order valence-electron chi connectivity index (χ4n) is 4.36. The van der Waals surface area contributed by atoms with Crippen molar-refractivity contribution >= 4 is 18.0 Å². The number of amides is 2. The first-order valence-corrected chi connectivity index (χ1v) is 11.3. The lowest BCUT2D eigenvalue weighted by molar-refractivity contribution is -0.149. The zero-order valence-corrected chi connectivity index (χ0v) is 19.6. The van der Waals surface area contributed by atoms with Crippen LogP contribution in [0.3, 0.4) is 0 Å². The van der Waals surface area contributed by atoms with Gasteiger partial charge in [0.2, 0.25) is 5.91 Å². The summed E-state index contributed by atoms with van der Waals surface area (Å²) in [5, 5.41) is 12.1. The summed E-state index contributed by atoms with van der Waals surface area (Å²) < 4.78 is 5.60. The Bertz CT molecular complexity index is 974. The van der Waals surface area contributed by atoms with Gasteiger partial charge in [-0.2, -0.15) is 0 Å². The predicted molar refractivity (Wildman–Crippen MR) is 126 cm³/mol. The van der Waals surface area contributed by atoms with Crippen LogP contribution in [0.1, 0.15) is 50.7 Å². The summed E-state index contributed by atoms with van der Waals surface area (Å²) in [5.74, 6) is -1.46. The van der Waals surface area contributed by atoms with Crippen molar-refractivity contribution in [1.29, 1.82) is 0 Å². The molecule has 0 saturated heterocycles. The quantitative estimate of drug-likeness (QED) is 0.593. The monoisotopic (exact) mass is 452 g/mol. The minimum absolute atomic E-state index is 0.00213. The fraction of sp³-hybridized carbons (Fsp3) is 0.423. The van der Waals surface area contributed by atoms with Crippen LogP contribution in [-0.4, -0.2) is 53.7 Å². The van der Waals surface area contributed by atoms with E-state index in [0.29, 0.717) is 6.42 Å². The summed E-state index contributed by atoms with van der Waals surface area (Å²) in [5.41, 5.74) is 4.56. The van der Waals surface area contributed by atoms with Gasteiger partial charge in [0.1, 0.15) is 12.6 Å². The zero-order chi connectivity index (χ0) is 24.1. The number of nitrogens with zero attached hydrogens (tertiary/aromatic N) is 1. The highest BCUT2D eigenvalue weighted by Gasteiger charge is 2.31. The van der Waals surface area contributed by atoms with Crippen LogP contribution in [0.5, 0.6) is 0 Å². The van der Waals surface area contributed by atoms with Crippen molar-refractivity contribution in [3.8, 4) is 11.1 Å². The second kappa shape index (κ2) is 10.5. The zero-order valence-electron chi connectivity index (χ0n) is 19.6. The third-order valence-electron chi connectivity index (χ3n) is 6.38. The molecular weight excluding hydrogens is 420 g/mol. The Labute approximate surface area is 194 Å². The van der Waals surface area contributed by atoms with Gasteiger partial charge in [-0.1, -0.05) is 69.3 Å². The summed E-state index contributed by atoms with van der Waals surface area (Å²) in [6, 6.07) is 14.9. The van der Waals surface area contributed by atoms with Gasteiger partial charge in [-0.25, -0.2) is 9.59 Å². The van der Waals surface area contributed by atoms with E-state index in [0.717, 1.165) is 22.3 Å². The number of hydrogen-bond donors (Lipinski definition) is 2. The summed E-state index contributed by atoms with van der Waals surface area (Å²) in [6.45, 7) is 5.71. The Morgan fingerprint density at radius 3 is 2.06 bits per heavy atom. The number of rotatable bonds is 9. The highest BCUT2D eigenvalue weighted by atomic mass is 16.5. The third-order valence-corrected chi connectivity index (χ3v) is 6.38. The van der Waals surface area contributed by atoms with Crippen molar-refractivity contribution < 1.29 is 24.2 Å². The second-order valence-electron chi connectivity index (χ2n) is 8.79. The normalized spacial score (nSPS) is 14.2. The Kier molecular flexibility index (Phi) is 7.74. The largest absolute Gasteiger partial charge is 0.480 e. The molecule has 0 aliphatic heterocycles. The predicted octanol–water partition coefficient (Wildman–Crippen LogP) is 4.26. The van der Waals surface area contributed by atoms with Gasteiger partial charge in [0.25, 0.3) is 0 Å². The van der Waals surface area contributed by atoms with Gasteiger partial charge < -0.3 is 20.1 Å². The highest BCUT2D eigenvalue weighted by molar-refractivity contribution is 5.84. The lowest BCUT2D eigenvalue weighted by Crippen LogP contribution is -2.47. The number of carboxylic acid groups (broad SMARTS) is 1. The van der Waals surface area contributed by atoms with Crippen LogP contribution in [0.15, 0.2) is 48.5 Å². The molecule has 0 saturated carbocycles. The number of alkyl carbamates (subject to hydrolysis) is 1. The van der Waals surface area contributed by atoms with Crippen LogP contribution in [-0.2, 0) is 14.3 Å². The number of fused-ring (bicyclic) bond motifs is 3. The van der Waals surface area contributed by atoms with Gasteiger partial charge in [0.15, 0.2) is 0 Å². The van der Waals surface area contributed by atoms with E-state index in [-0.39, 0.29) is 30.8 Å². The Morgan fingerprint density at radius 1 is 1.03 bits per heavy atom. The smallest absolute Gasteiger partial charge is 0.407 e. The number of benzene rings is 2. The SMILES string of the molecule is CCC(C(=O)O)N(C)C(=O)C[C@@H](NC(=O)OCC1c2ccccc2-c2ccccc21)C(C)C. The highest BCUT2D eigenvalue weighted by Crippen LogP contribution is 2.44. The molecule has 0 fully saturated rings. The lowest BCUT2D eigenvalue weighted by atomic mass is 9.98. The molecule has 7 nitrogen and oxygen atoms in total. The molecule has 1 aliphatic rings. The number of ether oxygens (including phenoxy) is 1. The van der Waals surface area contributed by atoms with Crippen molar-refractivity contribution in [2.45, 2.75) is 51.6 Å². The van der Waals surface area contributed by atoms with Crippen molar-refractivity contribution in [3.05, 3.63) is 59.7 Å². The van der Waals surface area contributed by atoms with Crippen LogP contribution in [0.25, 0.3) is 11.1 Å². The molecule has 1 unspecified atom stereocenters. The number of carbonyl (C=O) groups excluding carboxylic acids is 2. The molecule has 33 heavy (non-hydrogen) atoms. The summed E-state index contributed by atoms with van der Waals surface area (Å²) in [4.78, 5) is 37.9. The minimum atomic E-state index is -1.04. The molecule has 2 amide bonds. The number of likely N-dealkylation sites (N-methyl/N-ethyl adjacent to an activating group) is 1. The molecule has 2 atom stereocenters. The first-order chi connectivity index (χ1) is 15.7. The first kappa shape index (κ1) is 24.3. The van der Waals surface area contributed by atoms with Crippen LogP contribution in [0, 0.1) is 5.92 Å². The van der Waals surface area contributed by atoms with Crippen molar-refractivity contribution in [2.75, 3.05) is 13.7 Å². The average Bonchev–Trinajstić information content (AvgIpc) is 3.11. The second-order valence-corrected chi connectivity index (χ2v) is 8.79. The molecule has 2 aromatic carbocycles. The van der Waals surface area contributed by atoms with Gasteiger partial charge in [-0.05, 0) is 34.6 Å². The first-order valence-electron chi connectivity index (χ1n) is 11.3. The van der Waals surface area contributed by atoms with Gasteiger partial charge in [0.05, 0.1) is 0 Å². The molecule has 2 N–H and O–H groups in total. The maximum Gasteiger partial charge on any atom is 0.407 e. The molecule has 0 aromatic heterocycles. The number of nitrogens with one attached hydrogen (secondary N) is 1. The molecule has 1 aliphatic carbocycles. The van der Waals surface area contributed by atoms with E-state index in [4.69, 9.17) is 4.74 Å². The van der Waals surface area contributed by atoms with E-state index in [1.165, 1.54) is 11.9 Å². The summed E-state index contributed by atoms with van der Waals surface area (Å²) in [7, 11) is 1.48. The average molecular weight is 453 g/mol. The molecule has 7 heteroatoms. The molecule has 2 aromatic rings. The summed E-state index contributed by atoms with van der Waals surface area (Å²) >= 11 is 0. The lowest BCUT2D eigenvalue weighted by Gasteiger charge is -2.28. The molecule has 0 bridgehead atoms. The number of hydrogen-bond acceptors (Lipinski definition) is 4. The van der Waals surface area contributed by atoms with Gasteiger partial charge in [-0.3, -0.25) is 4.79 Å². The van der Waals surface area contributed by atoms with E-state index in [1.54, 1.807) is 6.92 Å². The molecule has 176 valence electrons. The van der Waals surface area contributed by atoms with E-state index in [1.807, 2.05) is 38.1 Å². The summed E-state index contributed by atoms with van der Waals surface area (Å²) in [6.07, 6.45) is -0.275. The molecular formula is C26H32N2O5. The van der Waals surface area contributed by atoms with Gasteiger partial charge >= 0.3 is 12.1 Å². The van der Waals surface area contributed by atoms with Crippen molar-refractivity contribution in [2.24, 2.45) is 5.92 Å². The van der Waals surface area contributed by atoms with E-state index in [9.17, 15) is 19.5 Å². The van der Waals surface area contributed by atoms with Crippen molar-refractivity contribution in [1.82, 2.24) is 10.2 Å². The minimum Gasteiger partial charge on any atom is -0.480 e. The van der Waals surface area contributed by atoms with Crippen molar-refractivity contribution in [3.63, 3.8) is 0 Å². The molecule has 0 heterocycles. The number of aliphatic carboxylic acids is 1. The third kappa shape index (κ3) is 5.35. The van der Waals surface area contributed by atoms with Gasteiger partial charge in [-0.15, -0.1) is 0 Å². The Morgan fingerprint density at radius 2 is 1.58 bits per heavy atom. The number of carbonyl (C=O) groups is 3. The van der Waals surface area contributed by atoms with E-state index in [2.05, 4.69) is 29.6 Å². The van der Waals surface area contributed by atoms with Crippen LogP contribution in [0.2, 0.25) is 0 Å². The molecule has 3 rings (SSSR count). The Balaban J connectivity index is 1.63. The van der Waals surface area contributed by atoms with E-state index < -0.39 is 24.1 Å². The van der Waals surface area contributed by atoms with Gasteiger partial charge in [0, 0.05) is 25.4 Å². The molecule has 0 spiro atoms. The van der Waals surface area contributed by atoms with E-state index >= 15 is 0 Å². The maximum absolute atomic E-state index is 12.7. The van der Waals surface area contributed by atoms with Crippen LogP contribution < -0.4 is 5.32 Å². The van der Waals surface area contributed by atoms with Crippen LogP contribution >= 0.6 is 0 Å². The standard InChI is InChI=1S/C26H32N2O5/c1-5-23(25(30)31)28(4)24(29)14-22(16(2)3)27-26(32)33-15-21-19-12-8-6-10-17(19)18-11-7-9-13-20(18)21/h6-13,16,21-23H,5,14-15H2,1-4H3,(H,27,32)(H,30,31)/t22-,23?/m1/s1. The molecule has 0 radical (unpaired) electrons. The maximum atomic E-state index is 12.7. The topological polar surface area (TPSA) is 95.9 Å².